The first-order chi connectivity index (χ1) is 11.3. The number of amides is 1. The Bertz CT molecular complexity index is 620. The Labute approximate surface area is 139 Å². The second-order valence-electron chi connectivity index (χ2n) is 5.97. The van der Waals surface area contributed by atoms with Crippen LogP contribution in [0.5, 0.6) is 5.75 Å². The summed E-state index contributed by atoms with van der Waals surface area (Å²) >= 11 is 0. The van der Waals surface area contributed by atoms with Gasteiger partial charge in [-0.2, -0.15) is 8.78 Å². The van der Waals surface area contributed by atoms with E-state index < -0.39 is 29.3 Å². The van der Waals surface area contributed by atoms with Crippen molar-refractivity contribution in [1.29, 1.82) is 0 Å². The SMILES string of the molecule is CCOc1ccccc1C(F)(F)C(=O)N1CCC(C(=O)O)C(C)C1. The third-order valence-electron chi connectivity index (χ3n) is 4.30. The monoisotopic (exact) mass is 341 g/mol. The number of carboxylic acids is 1. The number of benzene rings is 1. The molecule has 132 valence electrons. The molecule has 1 aromatic carbocycles. The fourth-order valence-electron chi connectivity index (χ4n) is 3.02. The van der Waals surface area contributed by atoms with Gasteiger partial charge in [-0.1, -0.05) is 19.1 Å². The van der Waals surface area contributed by atoms with Crippen LogP contribution in [0.2, 0.25) is 0 Å². The molecule has 1 N–H and O–H groups in total. The molecule has 0 spiro atoms. The minimum Gasteiger partial charge on any atom is -0.493 e. The minimum atomic E-state index is -3.72. The Morgan fingerprint density at radius 1 is 1.38 bits per heavy atom. The maximum atomic E-state index is 14.7. The molecule has 0 aromatic heterocycles. The molecule has 1 aliphatic heterocycles. The molecule has 1 fully saturated rings. The standard InChI is InChI=1S/C17H21F2NO4/c1-3-24-14-7-5-4-6-13(14)17(18,19)16(23)20-9-8-12(15(21)22)11(2)10-20/h4-7,11-12H,3,8-10H2,1-2H3,(H,21,22). The Morgan fingerprint density at radius 2 is 2.04 bits per heavy atom. The van der Waals surface area contributed by atoms with E-state index in [-0.39, 0.29) is 37.8 Å². The summed E-state index contributed by atoms with van der Waals surface area (Å²) in [7, 11) is 0. The van der Waals surface area contributed by atoms with Gasteiger partial charge >= 0.3 is 11.9 Å². The van der Waals surface area contributed by atoms with Gasteiger partial charge in [-0.05, 0) is 31.4 Å². The number of para-hydroxylation sites is 1. The van der Waals surface area contributed by atoms with Crippen LogP contribution in [0.25, 0.3) is 0 Å². The Balaban J connectivity index is 2.21. The van der Waals surface area contributed by atoms with Crippen LogP contribution in [0.15, 0.2) is 24.3 Å². The summed E-state index contributed by atoms with van der Waals surface area (Å²) < 4.78 is 34.6. The van der Waals surface area contributed by atoms with Crippen LogP contribution in [0.3, 0.4) is 0 Å². The summed E-state index contributed by atoms with van der Waals surface area (Å²) in [4.78, 5) is 24.5. The van der Waals surface area contributed by atoms with Crippen molar-refractivity contribution in [2.45, 2.75) is 26.2 Å². The normalized spacial score (nSPS) is 21.4. The molecule has 1 amide bonds. The maximum Gasteiger partial charge on any atom is 0.353 e. The number of carbonyl (C=O) groups excluding carboxylic acids is 1. The zero-order valence-corrected chi connectivity index (χ0v) is 13.7. The average molecular weight is 341 g/mol. The Morgan fingerprint density at radius 3 is 2.62 bits per heavy atom. The van der Waals surface area contributed by atoms with Crippen LogP contribution in [-0.2, 0) is 15.5 Å². The molecule has 0 bridgehead atoms. The topological polar surface area (TPSA) is 66.8 Å². The lowest BCUT2D eigenvalue weighted by atomic mass is 9.86. The predicted octanol–water partition coefficient (Wildman–Crippen LogP) is 2.75. The number of piperidine rings is 1. The molecule has 7 heteroatoms. The maximum absolute atomic E-state index is 14.7. The fraction of sp³-hybridized carbons (Fsp3) is 0.529. The van der Waals surface area contributed by atoms with Gasteiger partial charge in [0.1, 0.15) is 5.75 Å². The van der Waals surface area contributed by atoms with Crippen LogP contribution >= 0.6 is 0 Å². The first-order valence-corrected chi connectivity index (χ1v) is 7.91. The fourth-order valence-corrected chi connectivity index (χ4v) is 3.02. The smallest absolute Gasteiger partial charge is 0.353 e. The zero-order valence-electron chi connectivity index (χ0n) is 13.7. The quantitative estimate of drug-likeness (QED) is 0.894. The van der Waals surface area contributed by atoms with E-state index in [4.69, 9.17) is 9.84 Å². The van der Waals surface area contributed by atoms with Gasteiger partial charge in [0.25, 0.3) is 5.91 Å². The molecule has 0 saturated carbocycles. The summed E-state index contributed by atoms with van der Waals surface area (Å²) in [5.74, 6) is -7.00. The third kappa shape index (κ3) is 3.49. The third-order valence-corrected chi connectivity index (χ3v) is 4.30. The molecule has 2 rings (SSSR count). The zero-order chi connectivity index (χ0) is 17.9. The number of alkyl halides is 2. The number of nitrogens with zero attached hydrogens (tertiary/aromatic N) is 1. The predicted molar refractivity (Wildman–Crippen MR) is 83.0 cm³/mol. The van der Waals surface area contributed by atoms with Crippen molar-refractivity contribution in [3.05, 3.63) is 29.8 Å². The summed E-state index contributed by atoms with van der Waals surface area (Å²) in [6.45, 7) is 3.55. The summed E-state index contributed by atoms with van der Waals surface area (Å²) in [5, 5.41) is 9.10. The van der Waals surface area contributed by atoms with Gasteiger partial charge in [0.05, 0.1) is 18.1 Å². The number of halogens is 2. The van der Waals surface area contributed by atoms with Crippen LogP contribution < -0.4 is 4.74 Å². The van der Waals surface area contributed by atoms with Crippen molar-refractivity contribution in [3.8, 4) is 5.75 Å². The van der Waals surface area contributed by atoms with Gasteiger partial charge < -0.3 is 14.7 Å². The van der Waals surface area contributed by atoms with Crippen molar-refractivity contribution >= 4 is 11.9 Å². The number of ether oxygens (including phenoxy) is 1. The molecule has 5 nitrogen and oxygen atoms in total. The second-order valence-corrected chi connectivity index (χ2v) is 5.97. The van der Waals surface area contributed by atoms with E-state index >= 15 is 0 Å². The van der Waals surface area contributed by atoms with E-state index in [0.717, 1.165) is 4.90 Å². The van der Waals surface area contributed by atoms with Gasteiger partial charge in [0.2, 0.25) is 0 Å². The van der Waals surface area contributed by atoms with Gasteiger partial charge in [0.15, 0.2) is 0 Å². The highest BCUT2D eigenvalue weighted by Gasteiger charge is 2.47. The van der Waals surface area contributed by atoms with E-state index in [1.54, 1.807) is 19.9 Å². The first-order valence-electron chi connectivity index (χ1n) is 7.91. The molecule has 0 radical (unpaired) electrons. The van der Waals surface area contributed by atoms with E-state index in [1.807, 2.05) is 0 Å². The van der Waals surface area contributed by atoms with E-state index in [2.05, 4.69) is 0 Å². The lowest BCUT2D eigenvalue weighted by molar-refractivity contribution is -0.164. The molecule has 2 atom stereocenters. The molecular weight excluding hydrogens is 320 g/mol. The van der Waals surface area contributed by atoms with Crippen LogP contribution in [0, 0.1) is 11.8 Å². The number of hydrogen-bond acceptors (Lipinski definition) is 3. The minimum absolute atomic E-state index is 0.00217. The highest BCUT2D eigenvalue weighted by atomic mass is 19.3. The van der Waals surface area contributed by atoms with Crippen molar-refractivity contribution in [2.75, 3.05) is 19.7 Å². The van der Waals surface area contributed by atoms with Gasteiger partial charge in [-0.15, -0.1) is 0 Å². The van der Waals surface area contributed by atoms with Crippen molar-refractivity contribution in [1.82, 2.24) is 4.90 Å². The molecule has 1 aliphatic rings. The summed E-state index contributed by atoms with van der Waals surface area (Å²) in [6.07, 6.45) is 0.172. The van der Waals surface area contributed by atoms with Gasteiger partial charge in [-0.25, -0.2) is 0 Å². The van der Waals surface area contributed by atoms with Crippen molar-refractivity contribution < 1.29 is 28.2 Å². The molecule has 1 aromatic rings. The largest absolute Gasteiger partial charge is 0.493 e. The molecule has 2 unspecified atom stereocenters. The number of carboxylic acid groups (broad SMARTS) is 1. The number of hydrogen-bond donors (Lipinski definition) is 1. The van der Waals surface area contributed by atoms with E-state index in [9.17, 15) is 18.4 Å². The lowest BCUT2D eigenvalue weighted by Crippen LogP contribution is -2.49. The average Bonchev–Trinajstić information content (AvgIpc) is 2.54. The number of aliphatic carboxylic acids is 1. The van der Waals surface area contributed by atoms with Crippen LogP contribution in [0.1, 0.15) is 25.8 Å². The highest BCUT2D eigenvalue weighted by Crippen LogP contribution is 2.38. The van der Waals surface area contributed by atoms with Crippen molar-refractivity contribution in [3.63, 3.8) is 0 Å². The van der Waals surface area contributed by atoms with Gasteiger partial charge in [0, 0.05) is 13.1 Å². The number of carbonyl (C=O) groups is 2. The molecular formula is C17H21F2NO4. The molecule has 0 aliphatic carbocycles. The summed E-state index contributed by atoms with van der Waals surface area (Å²) in [5.41, 5.74) is -0.468. The number of likely N-dealkylation sites (tertiary alicyclic amines) is 1. The van der Waals surface area contributed by atoms with Crippen LogP contribution in [0.4, 0.5) is 8.78 Å². The van der Waals surface area contributed by atoms with Crippen LogP contribution in [-0.4, -0.2) is 41.6 Å². The summed E-state index contributed by atoms with van der Waals surface area (Å²) in [6, 6.07) is 5.57. The highest BCUT2D eigenvalue weighted by molar-refractivity contribution is 5.86. The Kier molecular flexibility index (Phi) is 5.41. The Hall–Kier alpha value is -2.18. The molecule has 24 heavy (non-hydrogen) atoms. The van der Waals surface area contributed by atoms with E-state index in [0.29, 0.717) is 0 Å². The number of rotatable bonds is 5. The lowest BCUT2D eigenvalue weighted by Gasteiger charge is -2.36. The molecule has 1 heterocycles. The molecule has 1 saturated heterocycles. The second kappa shape index (κ2) is 7.15. The van der Waals surface area contributed by atoms with Crippen molar-refractivity contribution in [2.24, 2.45) is 11.8 Å². The van der Waals surface area contributed by atoms with E-state index in [1.165, 1.54) is 18.2 Å². The first kappa shape index (κ1) is 18.2. The van der Waals surface area contributed by atoms with Gasteiger partial charge in [-0.3, -0.25) is 9.59 Å².